The van der Waals surface area contributed by atoms with Crippen LogP contribution in [0.25, 0.3) is 0 Å². The molecule has 0 aromatic carbocycles. The first-order valence-electron chi connectivity index (χ1n) is 6.33. The van der Waals surface area contributed by atoms with Gasteiger partial charge in [-0.15, -0.1) is 12.3 Å². The van der Waals surface area contributed by atoms with Crippen molar-refractivity contribution >= 4 is 6.09 Å². The Balaban J connectivity index is 2.02. The summed E-state index contributed by atoms with van der Waals surface area (Å²) in [6.45, 7) is 6.52. The Kier molecular flexibility index (Phi) is 2.85. The van der Waals surface area contributed by atoms with Crippen LogP contribution in [-0.4, -0.2) is 28.7 Å². The molecule has 2 aliphatic rings. The summed E-state index contributed by atoms with van der Waals surface area (Å²) in [5.41, 5.74) is -0.407. The molecular formula is C14H21NO2. The summed E-state index contributed by atoms with van der Waals surface area (Å²) in [6, 6.07) is 0. The highest BCUT2D eigenvalue weighted by Gasteiger charge is 2.53. The minimum atomic E-state index is -0.421. The largest absolute Gasteiger partial charge is 0.444 e. The maximum absolute atomic E-state index is 12.1. The average Bonchev–Trinajstić information content (AvgIpc) is 2.55. The van der Waals surface area contributed by atoms with Gasteiger partial charge in [0.05, 0.1) is 0 Å². The van der Waals surface area contributed by atoms with E-state index in [4.69, 9.17) is 11.2 Å². The first kappa shape index (κ1) is 12.3. The van der Waals surface area contributed by atoms with Crippen LogP contribution in [0.5, 0.6) is 0 Å². The Morgan fingerprint density at radius 1 is 1.47 bits per heavy atom. The average molecular weight is 235 g/mol. The quantitative estimate of drug-likeness (QED) is 0.604. The van der Waals surface area contributed by atoms with E-state index in [2.05, 4.69) is 5.92 Å². The molecule has 0 radical (unpaired) electrons. The van der Waals surface area contributed by atoms with Crippen LogP contribution in [-0.2, 0) is 4.74 Å². The maximum Gasteiger partial charge on any atom is 0.410 e. The normalized spacial score (nSPS) is 32.1. The van der Waals surface area contributed by atoms with Crippen LogP contribution < -0.4 is 0 Å². The number of carbonyl (C=O) groups is 1. The van der Waals surface area contributed by atoms with Gasteiger partial charge in [-0.2, -0.15) is 0 Å². The Morgan fingerprint density at radius 3 is 2.65 bits per heavy atom. The predicted octanol–water partition coefficient (Wildman–Crippen LogP) is 2.80. The fourth-order valence-electron chi connectivity index (χ4n) is 2.94. The third-order valence-electron chi connectivity index (χ3n) is 3.70. The van der Waals surface area contributed by atoms with E-state index in [1.54, 1.807) is 0 Å². The van der Waals surface area contributed by atoms with Gasteiger partial charge in [-0.1, -0.05) is 0 Å². The number of amides is 1. The molecule has 0 atom stereocenters. The molecule has 1 saturated carbocycles. The molecule has 17 heavy (non-hydrogen) atoms. The van der Waals surface area contributed by atoms with Gasteiger partial charge < -0.3 is 9.64 Å². The lowest BCUT2D eigenvalue weighted by Crippen LogP contribution is -2.56. The van der Waals surface area contributed by atoms with E-state index in [1.165, 1.54) is 0 Å². The van der Waals surface area contributed by atoms with Crippen molar-refractivity contribution in [3.8, 4) is 12.3 Å². The van der Waals surface area contributed by atoms with E-state index in [9.17, 15) is 4.79 Å². The van der Waals surface area contributed by atoms with Crippen molar-refractivity contribution in [1.29, 1.82) is 0 Å². The highest BCUT2D eigenvalue weighted by atomic mass is 16.6. The molecule has 2 fully saturated rings. The van der Waals surface area contributed by atoms with Crippen LogP contribution in [0.3, 0.4) is 0 Å². The fourth-order valence-corrected chi connectivity index (χ4v) is 2.94. The van der Waals surface area contributed by atoms with Gasteiger partial charge in [0.1, 0.15) is 5.60 Å². The molecule has 1 aliphatic carbocycles. The van der Waals surface area contributed by atoms with E-state index in [-0.39, 0.29) is 11.6 Å². The first-order valence-corrected chi connectivity index (χ1v) is 6.33. The maximum atomic E-state index is 12.1. The number of hydrogen-bond donors (Lipinski definition) is 0. The summed E-state index contributed by atoms with van der Waals surface area (Å²) in [4.78, 5) is 14.0. The highest BCUT2D eigenvalue weighted by molar-refractivity contribution is 5.70. The molecule has 0 N–H and O–H groups in total. The second-order valence-electron chi connectivity index (χ2n) is 6.23. The molecule has 94 valence electrons. The van der Waals surface area contributed by atoms with Crippen LogP contribution in [0.1, 0.15) is 46.5 Å². The molecule has 1 heterocycles. The monoisotopic (exact) mass is 235 g/mol. The van der Waals surface area contributed by atoms with Crippen molar-refractivity contribution in [3.63, 3.8) is 0 Å². The van der Waals surface area contributed by atoms with Crippen molar-refractivity contribution in [3.05, 3.63) is 0 Å². The van der Waals surface area contributed by atoms with Gasteiger partial charge >= 0.3 is 6.09 Å². The zero-order chi connectivity index (χ0) is 12.7. The molecule has 3 nitrogen and oxygen atoms in total. The van der Waals surface area contributed by atoms with E-state index >= 15 is 0 Å². The summed E-state index contributed by atoms with van der Waals surface area (Å²) in [5, 5.41) is 0. The second-order valence-corrected chi connectivity index (χ2v) is 6.23. The van der Waals surface area contributed by atoms with Crippen LogP contribution in [0.15, 0.2) is 0 Å². The van der Waals surface area contributed by atoms with Crippen molar-refractivity contribution < 1.29 is 9.53 Å². The number of likely N-dealkylation sites (tertiary alicyclic amines) is 1. The molecule has 1 spiro atoms. The minimum absolute atomic E-state index is 0.0133. The van der Waals surface area contributed by atoms with Gasteiger partial charge in [-0.3, -0.25) is 0 Å². The molecule has 3 heteroatoms. The predicted molar refractivity (Wildman–Crippen MR) is 66.5 cm³/mol. The first-order chi connectivity index (χ1) is 7.86. The van der Waals surface area contributed by atoms with Gasteiger partial charge in [0, 0.05) is 18.0 Å². The van der Waals surface area contributed by atoms with Crippen LogP contribution in [0, 0.1) is 18.3 Å². The molecule has 0 aromatic rings. The molecule has 2 rings (SSSR count). The summed E-state index contributed by atoms with van der Waals surface area (Å²) in [6.07, 6.45) is 9.28. The Hall–Kier alpha value is -1.17. The smallest absolute Gasteiger partial charge is 0.410 e. The Morgan fingerprint density at radius 2 is 2.12 bits per heavy atom. The number of terminal acetylenes is 1. The Bertz CT molecular complexity index is 355. The van der Waals surface area contributed by atoms with E-state index < -0.39 is 5.60 Å². The van der Waals surface area contributed by atoms with Gasteiger partial charge in [-0.05, 0) is 46.5 Å². The van der Waals surface area contributed by atoms with Crippen molar-refractivity contribution in [2.24, 2.45) is 5.92 Å². The zero-order valence-corrected chi connectivity index (χ0v) is 11.0. The summed E-state index contributed by atoms with van der Waals surface area (Å²) in [7, 11) is 0. The van der Waals surface area contributed by atoms with Crippen LogP contribution in [0.4, 0.5) is 4.79 Å². The topological polar surface area (TPSA) is 29.5 Å². The number of carbonyl (C=O) groups excluding carboxylic acids is 1. The van der Waals surface area contributed by atoms with Crippen molar-refractivity contribution in [2.45, 2.75) is 57.6 Å². The number of ether oxygens (including phenoxy) is 1. The van der Waals surface area contributed by atoms with E-state index in [0.717, 1.165) is 32.2 Å². The van der Waals surface area contributed by atoms with E-state index in [1.807, 2.05) is 25.7 Å². The van der Waals surface area contributed by atoms with Crippen LogP contribution in [0.2, 0.25) is 0 Å². The van der Waals surface area contributed by atoms with Gasteiger partial charge in [0.2, 0.25) is 0 Å². The highest BCUT2D eigenvalue weighted by Crippen LogP contribution is 2.49. The van der Waals surface area contributed by atoms with E-state index in [0.29, 0.717) is 5.92 Å². The fraction of sp³-hybridized carbons (Fsp3) is 0.786. The molecule has 0 aromatic heterocycles. The summed E-state index contributed by atoms with van der Waals surface area (Å²) in [5.74, 6) is 3.13. The van der Waals surface area contributed by atoms with Crippen molar-refractivity contribution in [2.75, 3.05) is 6.54 Å². The van der Waals surface area contributed by atoms with Gasteiger partial charge in [0.25, 0.3) is 0 Å². The SMILES string of the molecule is C#CC1CC2(CCCN2C(=O)OC(C)(C)C)C1. The standard InChI is InChI=1S/C14H21NO2/c1-5-11-9-14(10-11)7-6-8-15(14)12(16)17-13(2,3)4/h1,11H,6-10H2,2-4H3. The van der Waals surface area contributed by atoms with Gasteiger partial charge in [0.15, 0.2) is 0 Å². The molecule has 0 bridgehead atoms. The van der Waals surface area contributed by atoms with Crippen LogP contribution >= 0.6 is 0 Å². The van der Waals surface area contributed by atoms with Gasteiger partial charge in [-0.25, -0.2) is 4.79 Å². The number of rotatable bonds is 0. The molecule has 1 amide bonds. The summed E-state index contributed by atoms with van der Waals surface area (Å²) >= 11 is 0. The third-order valence-corrected chi connectivity index (χ3v) is 3.70. The number of hydrogen-bond acceptors (Lipinski definition) is 2. The zero-order valence-electron chi connectivity index (χ0n) is 11.0. The third kappa shape index (κ3) is 2.26. The molecular weight excluding hydrogens is 214 g/mol. The summed E-state index contributed by atoms with van der Waals surface area (Å²) < 4.78 is 5.46. The lowest BCUT2D eigenvalue weighted by Gasteiger charge is -2.48. The Labute approximate surface area is 104 Å². The lowest BCUT2D eigenvalue weighted by atomic mass is 9.67. The lowest BCUT2D eigenvalue weighted by molar-refractivity contribution is -0.0187. The molecule has 1 aliphatic heterocycles. The van der Waals surface area contributed by atoms with Crippen molar-refractivity contribution in [1.82, 2.24) is 4.90 Å². The second kappa shape index (κ2) is 3.94. The minimum Gasteiger partial charge on any atom is -0.444 e. The number of nitrogens with zero attached hydrogens (tertiary/aromatic N) is 1. The molecule has 1 saturated heterocycles. The molecule has 0 unspecified atom stereocenters.